The molecule has 146 valence electrons. The number of hydrogen-bond acceptors (Lipinski definition) is 4. The second kappa shape index (κ2) is 6.28. The van der Waals surface area contributed by atoms with Crippen molar-refractivity contribution in [3.05, 3.63) is 54.1 Å². The molecule has 0 N–H and O–H groups in total. The lowest BCUT2D eigenvalue weighted by Gasteiger charge is -2.39. The average molecular weight is 401 g/mol. The fourth-order valence-corrected chi connectivity index (χ4v) is 5.34. The van der Waals surface area contributed by atoms with Crippen molar-refractivity contribution in [2.45, 2.75) is 29.7 Å². The molecule has 6 nitrogen and oxygen atoms in total. The van der Waals surface area contributed by atoms with Crippen LogP contribution in [0.5, 0.6) is 5.75 Å². The quantitative estimate of drug-likeness (QED) is 0.658. The molecule has 2 fully saturated rings. The molecular weight excluding hydrogens is 381 g/mol. The molecule has 0 spiro atoms. The van der Waals surface area contributed by atoms with Crippen LogP contribution in [0.25, 0.3) is 11.0 Å². The summed E-state index contributed by atoms with van der Waals surface area (Å²) in [6.45, 7) is 0.714. The van der Waals surface area contributed by atoms with E-state index in [9.17, 15) is 12.8 Å². The molecule has 0 atom stereocenters. The Morgan fingerprint density at radius 3 is 2.57 bits per heavy atom. The zero-order valence-electron chi connectivity index (χ0n) is 15.4. The molecule has 1 aliphatic heterocycles. The van der Waals surface area contributed by atoms with Crippen molar-refractivity contribution in [2.75, 3.05) is 20.2 Å². The van der Waals surface area contributed by atoms with E-state index in [1.807, 2.05) is 24.3 Å². The topological polar surface area (TPSA) is 64.4 Å². The lowest BCUT2D eigenvalue weighted by molar-refractivity contribution is 0.204. The maximum absolute atomic E-state index is 14.0. The summed E-state index contributed by atoms with van der Waals surface area (Å²) in [5.74, 6) is 0.865. The van der Waals surface area contributed by atoms with Gasteiger partial charge in [0.2, 0.25) is 10.0 Å². The lowest BCUT2D eigenvalue weighted by Crippen LogP contribution is -2.50. The first kappa shape index (κ1) is 17.6. The zero-order chi connectivity index (χ0) is 19.5. The highest BCUT2D eigenvalue weighted by atomic mass is 32.2. The smallest absolute Gasteiger partial charge is 0.243 e. The highest BCUT2D eigenvalue weighted by molar-refractivity contribution is 7.89. The molecule has 0 bridgehead atoms. The van der Waals surface area contributed by atoms with Crippen molar-refractivity contribution in [1.82, 2.24) is 13.9 Å². The minimum atomic E-state index is -3.74. The van der Waals surface area contributed by atoms with Crippen molar-refractivity contribution >= 4 is 21.1 Å². The van der Waals surface area contributed by atoms with Crippen LogP contribution < -0.4 is 4.74 Å². The highest BCUT2D eigenvalue weighted by Crippen LogP contribution is 2.43. The fourth-order valence-electron chi connectivity index (χ4n) is 3.81. The van der Waals surface area contributed by atoms with Crippen molar-refractivity contribution in [1.29, 1.82) is 0 Å². The van der Waals surface area contributed by atoms with Gasteiger partial charge in [-0.25, -0.2) is 17.8 Å². The summed E-state index contributed by atoms with van der Waals surface area (Å²) < 4.78 is 48.2. The number of sulfonamides is 1. The fraction of sp³-hybridized carbons (Fsp3) is 0.350. The molecule has 28 heavy (non-hydrogen) atoms. The second-order valence-corrected chi connectivity index (χ2v) is 9.31. The van der Waals surface area contributed by atoms with Crippen LogP contribution in [0, 0.1) is 5.82 Å². The Morgan fingerprint density at radius 1 is 1.14 bits per heavy atom. The summed E-state index contributed by atoms with van der Waals surface area (Å²) in [5, 5.41) is 0. The number of para-hydroxylation sites is 2. The van der Waals surface area contributed by atoms with E-state index in [2.05, 4.69) is 4.57 Å². The van der Waals surface area contributed by atoms with Crippen LogP contribution in [-0.2, 0) is 10.0 Å². The molecule has 1 aliphatic carbocycles. The van der Waals surface area contributed by atoms with E-state index >= 15 is 0 Å². The van der Waals surface area contributed by atoms with Gasteiger partial charge in [0, 0.05) is 19.0 Å². The molecule has 1 saturated carbocycles. The van der Waals surface area contributed by atoms with Gasteiger partial charge in [0.25, 0.3) is 0 Å². The third-order valence-electron chi connectivity index (χ3n) is 5.52. The van der Waals surface area contributed by atoms with Crippen LogP contribution in [0.3, 0.4) is 0 Å². The third-order valence-corrected chi connectivity index (χ3v) is 7.35. The standard InChI is InChI=1S/C20H20FN3O3S/c1-27-19-9-8-15(10-16(19)21)28(25,26)23-11-14(12-23)24-18-5-3-2-4-17(18)22-20(24)13-6-7-13/h2-5,8-10,13-14H,6-7,11-12H2,1H3. The number of halogens is 1. The number of imidazole rings is 1. The molecule has 8 heteroatoms. The van der Waals surface area contributed by atoms with Gasteiger partial charge in [0.15, 0.2) is 11.6 Å². The number of nitrogens with zero attached hydrogens (tertiary/aromatic N) is 3. The van der Waals surface area contributed by atoms with Gasteiger partial charge in [-0.3, -0.25) is 0 Å². The van der Waals surface area contributed by atoms with Gasteiger partial charge in [0.05, 0.1) is 29.1 Å². The van der Waals surface area contributed by atoms with E-state index in [1.54, 1.807) is 0 Å². The van der Waals surface area contributed by atoms with Gasteiger partial charge in [0.1, 0.15) is 5.82 Å². The molecule has 2 aliphatic rings. The summed E-state index contributed by atoms with van der Waals surface area (Å²) in [4.78, 5) is 4.73. The molecule has 2 heterocycles. The average Bonchev–Trinajstić information content (AvgIpc) is 3.42. The number of fused-ring (bicyclic) bond motifs is 1. The molecule has 0 amide bonds. The largest absolute Gasteiger partial charge is 0.494 e. The van der Waals surface area contributed by atoms with Crippen LogP contribution in [-0.4, -0.2) is 42.5 Å². The maximum Gasteiger partial charge on any atom is 0.243 e. The van der Waals surface area contributed by atoms with Crippen LogP contribution in [0.2, 0.25) is 0 Å². The SMILES string of the molecule is COc1ccc(S(=O)(=O)N2CC(n3c(C4CC4)nc4ccccc43)C2)cc1F. The van der Waals surface area contributed by atoms with Gasteiger partial charge >= 0.3 is 0 Å². The van der Waals surface area contributed by atoms with Crippen molar-refractivity contribution in [3.8, 4) is 5.75 Å². The third kappa shape index (κ3) is 2.70. The molecule has 5 rings (SSSR count). The number of ether oxygens (including phenoxy) is 1. The van der Waals surface area contributed by atoms with Crippen LogP contribution in [0.15, 0.2) is 47.4 Å². The van der Waals surface area contributed by atoms with Crippen LogP contribution >= 0.6 is 0 Å². The Labute approximate surface area is 162 Å². The van der Waals surface area contributed by atoms with E-state index in [0.29, 0.717) is 19.0 Å². The number of methoxy groups -OCH3 is 1. The normalized spacial score (nSPS) is 18.4. The summed E-state index contributed by atoms with van der Waals surface area (Å²) in [7, 11) is -2.39. The Hall–Kier alpha value is -2.45. The molecule has 2 aromatic carbocycles. The first-order valence-electron chi connectivity index (χ1n) is 9.29. The number of benzene rings is 2. The summed E-state index contributed by atoms with van der Waals surface area (Å²) >= 11 is 0. The molecular formula is C20H20FN3O3S. The maximum atomic E-state index is 14.0. The monoisotopic (exact) mass is 401 g/mol. The number of aromatic nitrogens is 2. The van der Waals surface area contributed by atoms with E-state index in [1.165, 1.54) is 23.5 Å². The minimum Gasteiger partial charge on any atom is -0.494 e. The predicted octanol–water partition coefficient (Wildman–Crippen LogP) is 3.31. The Kier molecular flexibility index (Phi) is 3.96. The number of hydrogen-bond donors (Lipinski definition) is 0. The summed E-state index contributed by atoms with van der Waals surface area (Å²) in [6.07, 6.45) is 2.26. The minimum absolute atomic E-state index is 0.0272. The van der Waals surface area contributed by atoms with E-state index in [4.69, 9.17) is 9.72 Å². The van der Waals surface area contributed by atoms with Crippen molar-refractivity contribution in [2.24, 2.45) is 0 Å². The van der Waals surface area contributed by atoms with Gasteiger partial charge < -0.3 is 9.30 Å². The summed E-state index contributed by atoms with van der Waals surface area (Å²) in [6, 6.07) is 11.7. The van der Waals surface area contributed by atoms with E-state index < -0.39 is 15.8 Å². The van der Waals surface area contributed by atoms with Crippen molar-refractivity contribution in [3.63, 3.8) is 0 Å². The van der Waals surface area contributed by atoms with Crippen molar-refractivity contribution < 1.29 is 17.5 Å². The van der Waals surface area contributed by atoms with Gasteiger partial charge in [-0.05, 0) is 43.2 Å². The molecule has 0 radical (unpaired) electrons. The first-order valence-corrected chi connectivity index (χ1v) is 10.7. The van der Waals surface area contributed by atoms with Crippen LogP contribution in [0.4, 0.5) is 4.39 Å². The van der Waals surface area contributed by atoms with E-state index in [-0.39, 0.29) is 16.7 Å². The van der Waals surface area contributed by atoms with Gasteiger partial charge in [-0.15, -0.1) is 0 Å². The lowest BCUT2D eigenvalue weighted by atomic mass is 10.1. The zero-order valence-corrected chi connectivity index (χ0v) is 16.2. The van der Waals surface area contributed by atoms with Gasteiger partial charge in [-0.2, -0.15) is 4.31 Å². The van der Waals surface area contributed by atoms with Crippen LogP contribution in [0.1, 0.15) is 30.6 Å². The number of rotatable bonds is 5. The molecule has 0 unspecified atom stereocenters. The summed E-state index contributed by atoms with van der Waals surface area (Å²) in [5.41, 5.74) is 1.99. The predicted molar refractivity (Wildman–Crippen MR) is 102 cm³/mol. The molecule has 1 saturated heterocycles. The Balaban J connectivity index is 1.43. The Bertz CT molecular complexity index is 1160. The Morgan fingerprint density at radius 2 is 1.89 bits per heavy atom. The van der Waals surface area contributed by atoms with E-state index in [0.717, 1.165) is 35.8 Å². The van der Waals surface area contributed by atoms with Gasteiger partial charge in [-0.1, -0.05) is 12.1 Å². The highest BCUT2D eigenvalue weighted by Gasteiger charge is 2.41. The molecule has 1 aromatic heterocycles. The first-order chi connectivity index (χ1) is 13.5. The second-order valence-electron chi connectivity index (χ2n) is 7.38. The molecule has 3 aromatic rings.